The Bertz CT molecular complexity index is 559. The molecule has 0 aliphatic heterocycles. The van der Waals surface area contributed by atoms with Crippen LogP contribution in [0.15, 0.2) is 30.3 Å². The minimum absolute atomic E-state index is 0.328. The van der Waals surface area contributed by atoms with Gasteiger partial charge in [-0.1, -0.05) is 36.5 Å². The smallest absolute Gasteiger partial charge is 0.325 e. The largest absolute Gasteiger partial charge is 0.381 e. The van der Waals surface area contributed by atoms with E-state index in [-0.39, 0.29) is 6.03 Å². The van der Waals surface area contributed by atoms with E-state index < -0.39 is 0 Å². The van der Waals surface area contributed by atoms with Crippen LogP contribution in [0.25, 0.3) is 0 Å². The van der Waals surface area contributed by atoms with Crippen molar-refractivity contribution in [2.24, 2.45) is 0 Å². The second-order valence-corrected chi connectivity index (χ2v) is 5.37. The number of benzene rings is 1. The van der Waals surface area contributed by atoms with Gasteiger partial charge in [0, 0.05) is 18.7 Å². The second kappa shape index (κ2) is 8.33. The molecule has 0 unspecified atom stereocenters. The standard InChI is InChI=1S/C14H18N4O2S/c1-2-9-20-10-8-12-17-18-14(21-12)16-13(19)15-11-6-4-3-5-7-11/h3-7H,2,8-10H2,1H3,(H2,15,16,18,19). The fourth-order valence-electron chi connectivity index (χ4n) is 1.59. The molecule has 1 aromatic carbocycles. The molecule has 0 aliphatic rings. The molecule has 0 bridgehead atoms. The summed E-state index contributed by atoms with van der Waals surface area (Å²) in [6, 6.07) is 8.91. The van der Waals surface area contributed by atoms with Gasteiger partial charge in [-0.05, 0) is 18.6 Å². The third kappa shape index (κ3) is 5.49. The number of hydrogen-bond donors (Lipinski definition) is 2. The third-order valence-corrected chi connectivity index (χ3v) is 3.43. The second-order valence-electron chi connectivity index (χ2n) is 4.31. The Hall–Kier alpha value is -1.99. The highest BCUT2D eigenvalue weighted by atomic mass is 32.1. The Morgan fingerprint density at radius 3 is 2.76 bits per heavy atom. The van der Waals surface area contributed by atoms with Crippen LogP contribution in [0.1, 0.15) is 18.4 Å². The summed E-state index contributed by atoms with van der Waals surface area (Å²) in [5, 5.41) is 14.7. The molecule has 0 saturated carbocycles. The first-order valence-electron chi connectivity index (χ1n) is 6.81. The number of aromatic nitrogens is 2. The molecule has 6 nitrogen and oxygen atoms in total. The quantitative estimate of drug-likeness (QED) is 0.770. The van der Waals surface area contributed by atoms with Crippen LogP contribution in [0.3, 0.4) is 0 Å². The summed E-state index contributed by atoms with van der Waals surface area (Å²) in [5.74, 6) is 0. The number of rotatable bonds is 7. The lowest BCUT2D eigenvalue weighted by Gasteiger charge is -2.03. The fourth-order valence-corrected chi connectivity index (χ4v) is 2.31. The number of anilines is 2. The van der Waals surface area contributed by atoms with E-state index in [1.165, 1.54) is 11.3 Å². The van der Waals surface area contributed by atoms with Crippen LogP contribution in [0.2, 0.25) is 0 Å². The van der Waals surface area contributed by atoms with Crippen molar-refractivity contribution in [1.82, 2.24) is 10.2 Å². The van der Waals surface area contributed by atoms with E-state index in [1.54, 1.807) is 0 Å². The predicted octanol–water partition coefficient (Wildman–Crippen LogP) is 3.15. The Kier molecular flexibility index (Phi) is 6.11. The molecule has 112 valence electrons. The van der Waals surface area contributed by atoms with Gasteiger partial charge in [-0.15, -0.1) is 10.2 Å². The molecule has 0 saturated heterocycles. The van der Waals surface area contributed by atoms with Gasteiger partial charge in [0.2, 0.25) is 5.13 Å². The van der Waals surface area contributed by atoms with Crippen LogP contribution in [-0.2, 0) is 11.2 Å². The number of para-hydroxylation sites is 1. The van der Waals surface area contributed by atoms with Crippen molar-refractivity contribution >= 4 is 28.2 Å². The molecule has 1 aromatic heterocycles. The maximum absolute atomic E-state index is 11.8. The number of carbonyl (C=O) groups excluding carboxylic acids is 1. The minimum atomic E-state index is -0.328. The number of amides is 2. The Morgan fingerprint density at radius 2 is 2.00 bits per heavy atom. The van der Waals surface area contributed by atoms with E-state index >= 15 is 0 Å². The maximum Gasteiger partial charge on any atom is 0.325 e. The molecule has 0 radical (unpaired) electrons. The lowest BCUT2D eigenvalue weighted by Crippen LogP contribution is -2.19. The van der Waals surface area contributed by atoms with E-state index in [1.807, 2.05) is 30.3 Å². The van der Waals surface area contributed by atoms with Crippen molar-refractivity contribution in [1.29, 1.82) is 0 Å². The van der Waals surface area contributed by atoms with E-state index in [0.29, 0.717) is 18.2 Å². The zero-order chi connectivity index (χ0) is 14.9. The van der Waals surface area contributed by atoms with E-state index in [0.717, 1.165) is 23.7 Å². The van der Waals surface area contributed by atoms with E-state index in [4.69, 9.17) is 4.74 Å². The number of ether oxygens (including phenoxy) is 1. The van der Waals surface area contributed by atoms with Crippen LogP contribution in [0, 0.1) is 0 Å². The van der Waals surface area contributed by atoms with Crippen LogP contribution >= 0.6 is 11.3 Å². The highest BCUT2D eigenvalue weighted by molar-refractivity contribution is 7.15. The highest BCUT2D eigenvalue weighted by Gasteiger charge is 2.08. The van der Waals surface area contributed by atoms with Gasteiger partial charge in [-0.3, -0.25) is 5.32 Å². The van der Waals surface area contributed by atoms with E-state index in [2.05, 4.69) is 27.8 Å². The van der Waals surface area contributed by atoms with Crippen molar-refractivity contribution in [3.05, 3.63) is 35.3 Å². The van der Waals surface area contributed by atoms with E-state index in [9.17, 15) is 4.79 Å². The van der Waals surface area contributed by atoms with Crippen LogP contribution in [-0.4, -0.2) is 29.4 Å². The van der Waals surface area contributed by atoms with Gasteiger partial charge in [0.25, 0.3) is 0 Å². The summed E-state index contributed by atoms with van der Waals surface area (Å²) in [7, 11) is 0. The van der Waals surface area contributed by atoms with Crippen LogP contribution < -0.4 is 10.6 Å². The number of carbonyl (C=O) groups is 1. The normalized spacial score (nSPS) is 10.3. The van der Waals surface area contributed by atoms with Gasteiger partial charge < -0.3 is 10.1 Å². The van der Waals surface area contributed by atoms with Crippen LogP contribution in [0.4, 0.5) is 15.6 Å². The summed E-state index contributed by atoms with van der Waals surface area (Å²) < 4.78 is 5.40. The van der Waals surface area contributed by atoms with Gasteiger partial charge >= 0.3 is 6.03 Å². The molecule has 2 aromatic rings. The highest BCUT2D eigenvalue weighted by Crippen LogP contribution is 2.16. The lowest BCUT2D eigenvalue weighted by atomic mass is 10.3. The average molecular weight is 306 g/mol. The zero-order valence-corrected chi connectivity index (χ0v) is 12.7. The van der Waals surface area contributed by atoms with Gasteiger partial charge in [-0.25, -0.2) is 4.79 Å². The van der Waals surface area contributed by atoms with Crippen LogP contribution in [0.5, 0.6) is 0 Å². The Morgan fingerprint density at radius 1 is 1.19 bits per heavy atom. The maximum atomic E-state index is 11.8. The minimum Gasteiger partial charge on any atom is -0.381 e. The summed E-state index contributed by atoms with van der Waals surface area (Å²) >= 11 is 1.36. The lowest BCUT2D eigenvalue weighted by molar-refractivity contribution is 0.138. The molecular formula is C14H18N4O2S. The summed E-state index contributed by atoms with van der Waals surface area (Å²) in [6.45, 7) is 3.44. The summed E-state index contributed by atoms with van der Waals surface area (Å²) in [6.07, 6.45) is 1.71. The van der Waals surface area contributed by atoms with Gasteiger partial charge in [-0.2, -0.15) is 0 Å². The first kappa shape index (κ1) is 15.4. The molecule has 2 rings (SSSR count). The molecule has 0 spiro atoms. The Balaban J connectivity index is 1.78. The molecular weight excluding hydrogens is 288 g/mol. The molecule has 1 heterocycles. The van der Waals surface area contributed by atoms with Gasteiger partial charge in [0.15, 0.2) is 0 Å². The SMILES string of the molecule is CCCOCCc1nnc(NC(=O)Nc2ccccc2)s1. The first-order chi connectivity index (χ1) is 10.3. The summed E-state index contributed by atoms with van der Waals surface area (Å²) in [4.78, 5) is 11.8. The summed E-state index contributed by atoms with van der Waals surface area (Å²) in [5.41, 5.74) is 0.729. The zero-order valence-electron chi connectivity index (χ0n) is 11.8. The third-order valence-electron chi connectivity index (χ3n) is 2.53. The van der Waals surface area contributed by atoms with Gasteiger partial charge in [0.05, 0.1) is 6.61 Å². The number of nitrogens with zero attached hydrogens (tertiary/aromatic N) is 2. The number of urea groups is 1. The van der Waals surface area contributed by atoms with Crippen molar-refractivity contribution in [3.8, 4) is 0 Å². The molecule has 2 amide bonds. The molecule has 7 heteroatoms. The Labute approximate surface area is 127 Å². The molecule has 21 heavy (non-hydrogen) atoms. The molecule has 0 atom stereocenters. The van der Waals surface area contributed by atoms with Crippen molar-refractivity contribution in [2.45, 2.75) is 19.8 Å². The van der Waals surface area contributed by atoms with Crippen molar-refractivity contribution < 1.29 is 9.53 Å². The van der Waals surface area contributed by atoms with Crippen molar-refractivity contribution in [2.75, 3.05) is 23.8 Å². The topological polar surface area (TPSA) is 76.1 Å². The molecule has 0 fully saturated rings. The van der Waals surface area contributed by atoms with Gasteiger partial charge in [0.1, 0.15) is 5.01 Å². The number of nitrogens with one attached hydrogen (secondary N) is 2. The average Bonchev–Trinajstić information content (AvgIpc) is 2.92. The number of hydrogen-bond acceptors (Lipinski definition) is 5. The fraction of sp³-hybridized carbons (Fsp3) is 0.357. The monoisotopic (exact) mass is 306 g/mol. The predicted molar refractivity (Wildman–Crippen MR) is 83.8 cm³/mol. The van der Waals surface area contributed by atoms with Crippen molar-refractivity contribution in [3.63, 3.8) is 0 Å². The molecule has 2 N–H and O–H groups in total. The first-order valence-corrected chi connectivity index (χ1v) is 7.62. The molecule has 0 aliphatic carbocycles.